The van der Waals surface area contributed by atoms with Crippen LogP contribution in [0.4, 0.5) is 6.01 Å². The number of rotatable bonds is 8. The van der Waals surface area contributed by atoms with Crippen LogP contribution in [0, 0.1) is 0 Å². The van der Waals surface area contributed by atoms with Crippen LogP contribution in [0.5, 0.6) is 0 Å². The topological polar surface area (TPSA) is 63.0 Å². The summed E-state index contributed by atoms with van der Waals surface area (Å²) in [4.78, 5) is 11.4. The van der Waals surface area contributed by atoms with Crippen LogP contribution in [0.2, 0.25) is 0 Å². The van der Waals surface area contributed by atoms with Gasteiger partial charge in [0.05, 0.1) is 16.1 Å². The molecule has 0 aliphatic heterocycles. The second-order valence-corrected chi connectivity index (χ2v) is 9.01. The summed E-state index contributed by atoms with van der Waals surface area (Å²) < 4.78 is 8.65. The van der Waals surface area contributed by atoms with Crippen molar-refractivity contribution in [2.75, 3.05) is 11.9 Å². The quantitative estimate of drug-likeness (QED) is 0.436. The maximum atomic E-state index is 5.26. The molecule has 0 spiro atoms. The van der Waals surface area contributed by atoms with Crippen LogP contribution in [-0.2, 0) is 6.54 Å². The fourth-order valence-electron chi connectivity index (χ4n) is 3.55. The molecule has 4 rings (SSSR count). The molecule has 1 aliphatic rings. The van der Waals surface area contributed by atoms with E-state index in [4.69, 9.17) is 9.40 Å². The summed E-state index contributed by atoms with van der Waals surface area (Å²) in [5, 5.41) is 4.52. The molecule has 1 fully saturated rings. The van der Waals surface area contributed by atoms with Gasteiger partial charge in [0.2, 0.25) is 0 Å². The van der Waals surface area contributed by atoms with E-state index in [0.717, 1.165) is 6.54 Å². The Bertz CT molecular complexity index is 872. The van der Waals surface area contributed by atoms with E-state index in [1.54, 1.807) is 24.4 Å². The molecule has 148 valence electrons. The summed E-state index contributed by atoms with van der Waals surface area (Å²) in [7, 11) is 0. The van der Waals surface area contributed by atoms with Crippen molar-refractivity contribution >= 4 is 29.3 Å². The van der Waals surface area contributed by atoms with Gasteiger partial charge in [-0.2, -0.15) is 0 Å². The molecule has 0 amide bonds. The lowest BCUT2D eigenvalue weighted by atomic mass is 9.90. The van der Waals surface area contributed by atoms with Crippen LogP contribution in [-0.4, -0.2) is 16.5 Å². The molecule has 2 heterocycles. The summed E-state index contributed by atoms with van der Waals surface area (Å²) >= 11 is 3.55. The Morgan fingerprint density at radius 2 is 2.11 bits per heavy atom. The van der Waals surface area contributed by atoms with Crippen LogP contribution < -0.4 is 10.0 Å². The Morgan fingerprint density at radius 1 is 1.21 bits per heavy atom. The molecule has 3 aromatic rings. The highest BCUT2D eigenvalue weighted by Gasteiger charge is 2.20. The first-order valence-corrected chi connectivity index (χ1v) is 11.6. The van der Waals surface area contributed by atoms with Gasteiger partial charge in [0.25, 0.3) is 6.01 Å². The van der Waals surface area contributed by atoms with Crippen molar-refractivity contribution in [2.24, 2.45) is 0 Å². The fourth-order valence-corrected chi connectivity index (χ4v) is 5.54. The van der Waals surface area contributed by atoms with Crippen LogP contribution >= 0.6 is 23.3 Å². The zero-order chi connectivity index (χ0) is 19.2. The number of aromatic nitrogens is 2. The molecule has 5 nitrogen and oxygen atoms in total. The average Bonchev–Trinajstić information content (AvgIpc) is 3.43. The first-order valence-electron chi connectivity index (χ1n) is 9.95. The molecule has 1 aliphatic carbocycles. The van der Waals surface area contributed by atoms with Gasteiger partial charge in [0.1, 0.15) is 6.26 Å². The zero-order valence-corrected chi connectivity index (χ0v) is 17.7. The molecular formula is C21H26N4OS2. The van der Waals surface area contributed by atoms with E-state index >= 15 is 0 Å². The third-order valence-corrected chi connectivity index (χ3v) is 7.18. The van der Waals surface area contributed by atoms with Gasteiger partial charge in [-0.25, -0.2) is 9.97 Å². The molecule has 28 heavy (non-hydrogen) atoms. The number of hydrogen-bond donors (Lipinski definition) is 2. The Kier molecular flexibility index (Phi) is 6.67. The molecular weight excluding hydrogens is 388 g/mol. The van der Waals surface area contributed by atoms with Gasteiger partial charge < -0.3 is 9.73 Å². The van der Waals surface area contributed by atoms with E-state index in [-0.39, 0.29) is 0 Å². The number of oxazole rings is 1. The number of hydrogen-bond acceptors (Lipinski definition) is 7. The smallest absolute Gasteiger partial charge is 0.294 e. The van der Waals surface area contributed by atoms with Gasteiger partial charge >= 0.3 is 0 Å². The highest BCUT2D eigenvalue weighted by molar-refractivity contribution is 7.97. The van der Waals surface area contributed by atoms with Crippen molar-refractivity contribution in [3.63, 3.8) is 0 Å². The largest absolute Gasteiger partial charge is 0.432 e. The monoisotopic (exact) mass is 414 g/mol. The van der Waals surface area contributed by atoms with Gasteiger partial charge in [-0.3, -0.25) is 4.72 Å². The van der Waals surface area contributed by atoms with E-state index in [1.807, 2.05) is 11.3 Å². The second kappa shape index (κ2) is 9.58. The van der Waals surface area contributed by atoms with E-state index in [9.17, 15) is 0 Å². The maximum absolute atomic E-state index is 5.26. The van der Waals surface area contributed by atoms with Crippen molar-refractivity contribution < 1.29 is 4.42 Å². The number of thiazole rings is 1. The molecule has 0 bridgehead atoms. The van der Waals surface area contributed by atoms with E-state index in [0.29, 0.717) is 18.5 Å². The molecule has 0 unspecified atom stereocenters. The van der Waals surface area contributed by atoms with Crippen molar-refractivity contribution in [3.8, 4) is 10.4 Å². The zero-order valence-electron chi connectivity index (χ0n) is 16.1. The molecule has 1 saturated carbocycles. The highest BCUT2D eigenvalue weighted by atomic mass is 32.2. The first kappa shape index (κ1) is 19.5. The number of anilines is 1. The van der Waals surface area contributed by atoms with E-state index in [1.165, 1.54) is 58.0 Å². The second-order valence-electron chi connectivity index (χ2n) is 7.02. The van der Waals surface area contributed by atoms with Crippen molar-refractivity contribution in [2.45, 2.75) is 56.4 Å². The van der Waals surface area contributed by atoms with Crippen LogP contribution in [0.3, 0.4) is 0 Å². The highest BCUT2D eigenvalue weighted by Crippen LogP contribution is 2.40. The molecule has 0 atom stereocenters. The van der Waals surface area contributed by atoms with Crippen LogP contribution in [0.15, 0.2) is 46.2 Å². The van der Waals surface area contributed by atoms with E-state index < -0.39 is 0 Å². The lowest BCUT2D eigenvalue weighted by Gasteiger charge is -2.18. The Hall–Kier alpha value is -1.83. The number of nitrogens with one attached hydrogen (secondary N) is 2. The maximum Gasteiger partial charge on any atom is 0.294 e. The van der Waals surface area contributed by atoms with Gasteiger partial charge in [0, 0.05) is 35.7 Å². The number of nitrogens with zero attached hydrogens (tertiary/aromatic N) is 2. The third kappa shape index (κ3) is 4.77. The normalized spacial score (nSPS) is 15.0. The average molecular weight is 415 g/mol. The minimum Gasteiger partial charge on any atom is -0.432 e. The molecule has 2 N–H and O–H groups in total. The molecule has 1 aromatic carbocycles. The summed E-state index contributed by atoms with van der Waals surface area (Å²) in [5.41, 5.74) is 2.45. The predicted octanol–water partition coefficient (Wildman–Crippen LogP) is 6.07. The third-order valence-electron chi connectivity index (χ3n) is 4.99. The Morgan fingerprint density at radius 3 is 2.89 bits per heavy atom. The van der Waals surface area contributed by atoms with Crippen molar-refractivity contribution in [3.05, 3.63) is 47.4 Å². The van der Waals surface area contributed by atoms with Gasteiger partial charge in [-0.05, 0) is 36.4 Å². The Labute approximate surface area is 174 Å². The van der Waals surface area contributed by atoms with Crippen molar-refractivity contribution in [1.29, 1.82) is 0 Å². The van der Waals surface area contributed by atoms with Gasteiger partial charge in [0.15, 0.2) is 0 Å². The summed E-state index contributed by atoms with van der Waals surface area (Å²) in [6.07, 6.45) is 11.9. The number of benzene rings is 1. The molecule has 7 heteroatoms. The minimum absolute atomic E-state index is 0.546. The lowest BCUT2D eigenvalue weighted by Crippen LogP contribution is -2.03. The summed E-state index contributed by atoms with van der Waals surface area (Å²) in [6, 6.07) is 7.16. The SMILES string of the molecule is CCNSc1cc(CNc2ncco2)ccc1-c1cnc(C2CCCCC2)s1. The van der Waals surface area contributed by atoms with Gasteiger partial charge in [-0.15, -0.1) is 11.3 Å². The van der Waals surface area contributed by atoms with E-state index in [2.05, 4.69) is 46.3 Å². The lowest BCUT2D eigenvalue weighted by molar-refractivity contribution is 0.442. The first-order chi connectivity index (χ1) is 13.8. The minimum atomic E-state index is 0.546. The molecule has 0 saturated heterocycles. The molecule has 0 radical (unpaired) electrons. The van der Waals surface area contributed by atoms with Crippen molar-refractivity contribution in [1.82, 2.24) is 14.7 Å². The Balaban J connectivity index is 1.54. The summed E-state index contributed by atoms with van der Waals surface area (Å²) in [5.74, 6) is 0.654. The fraction of sp³-hybridized carbons (Fsp3) is 0.429. The van der Waals surface area contributed by atoms with Gasteiger partial charge in [-0.1, -0.05) is 38.3 Å². The van der Waals surface area contributed by atoms with Crippen LogP contribution in [0.25, 0.3) is 10.4 Å². The summed E-state index contributed by atoms with van der Waals surface area (Å²) in [6.45, 7) is 3.71. The molecule has 2 aromatic heterocycles. The predicted molar refractivity (Wildman–Crippen MR) is 117 cm³/mol. The standard InChI is InChI=1S/C21H26N4OS2/c1-2-25-28-18-12-15(13-24-21-22-10-11-26-21)8-9-17(18)19-14-23-20(27-19)16-6-4-3-5-7-16/h8-12,14,16,25H,2-7,13H2,1H3,(H,22,24). The van der Waals surface area contributed by atoms with Crippen LogP contribution in [0.1, 0.15) is 55.5 Å².